The van der Waals surface area contributed by atoms with Gasteiger partial charge in [0.2, 0.25) is 5.92 Å². The van der Waals surface area contributed by atoms with Gasteiger partial charge in [0.25, 0.3) is 0 Å². The predicted octanol–water partition coefficient (Wildman–Crippen LogP) is 3.25. The van der Waals surface area contributed by atoms with Crippen LogP contribution in [0.25, 0.3) is 11.2 Å². The second-order valence-electron chi connectivity index (χ2n) is 4.63. The summed E-state index contributed by atoms with van der Waals surface area (Å²) in [7, 11) is 0. The fourth-order valence-corrected chi connectivity index (χ4v) is 2.37. The number of alkyl halides is 2. The van der Waals surface area contributed by atoms with E-state index in [2.05, 4.69) is 15.0 Å². The summed E-state index contributed by atoms with van der Waals surface area (Å²) in [4.78, 5) is 11.7. The summed E-state index contributed by atoms with van der Waals surface area (Å²) in [5, 5.41) is 0. The number of aromatic amines is 1. The molecule has 5 heteroatoms. The maximum absolute atomic E-state index is 13.1. The quantitative estimate of drug-likeness (QED) is 0.827. The van der Waals surface area contributed by atoms with E-state index in [4.69, 9.17) is 0 Å². The molecule has 1 N–H and O–H groups in total. The van der Waals surface area contributed by atoms with Crippen LogP contribution >= 0.6 is 0 Å². The number of fused-ring (bicyclic) bond motifs is 1. The van der Waals surface area contributed by atoms with Gasteiger partial charge < -0.3 is 4.98 Å². The van der Waals surface area contributed by atoms with Gasteiger partial charge in [-0.25, -0.2) is 18.7 Å². The van der Waals surface area contributed by atoms with E-state index in [9.17, 15) is 8.78 Å². The lowest BCUT2D eigenvalue weighted by Gasteiger charge is -2.26. The van der Waals surface area contributed by atoms with Gasteiger partial charge in [-0.15, -0.1) is 0 Å². The summed E-state index contributed by atoms with van der Waals surface area (Å²) in [5.41, 5.74) is 1.54. The molecule has 1 aliphatic rings. The van der Waals surface area contributed by atoms with Crippen LogP contribution < -0.4 is 0 Å². The number of halogens is 2. The fraction of sp³-hybridized carbons (Fsp3) is 0.500. The Morgan fingerprint density at radius 1 is 1.29 bits per heavy atom. The van der Waals surface area contributed by atoms with Gasteiger partial charge in [0.05, 0.1) is 5.52 Å². The molecule has 2 aromatic rings. The smallest absolute Gasteiger partial charge is 0.248 e. The highest BCUT2D eigenvalue weighted by atomic mass is 19.3. The number of pyridine rings is 1. The first-order valence-corrected chi connectivity index (χ1v) is 5.82. The van der Waals surface area contributed by atoms with Gasteiger partial charge in [0, 0.05) is 25.0 Å². The lowest BCUT2D eigenvalue weighted by atomic mass is 9.86. The Morgan fingerprint density at radius 3 is 2.76 bits per heavy atom. The molecule has 0 saturated heterocycles. The van der Waals surface area contributed by atoms with E-state index in [1.807, 2.05) is 12.1 Å². The van der Waals surface area contributed by atoms with E-state index in [1.165, 1.54) is 0 Å². The summed E-state index contributed by atoms with van der Waals surface area (Å²) in [6, 6.07) is 3.73. The summed E-state index contributed by atoms with van der Waals surface area (Å²) >= 11 is 0. The normalized spacial score (nSPS) is 20.8. The van der Waals surface area contributed by atoms with Crippen LogP contribution in [0.2, 0.25) is 0 Å². The van der Waals surface area contributed by atoms with Gasteiger partial charge in [-0.3, -0.25) is 0 Å². The Bertz CT molecular complexity index is 492. The number of rotatable bonds is 1. The molecule has 0 aromatic carbocycles. The number of nitrogens with one attached hydrogen (secondary N) is 1. The molecule has 0 amide bonds. The standard InChI is InChI=1S/C12H13F2N3/c13-12(14)5-3-8(4-6-12)10-16-9-2-1-7-15-11(9)17-10/h1-2,7-8H,3-6H2,(H,15,16,17). The highest BCUT2D eigenvalue weighted by Gasteiger charge is 2.36. The monoisotopic (exact) mass is 237 g/mol. The number of imidazole rings is 1. The molecule has 1 saturated carbocycles. The minimum Gasteiger partial charge on any atom is -0.340 e. The summed E-state index contributed by atoms with van der Waals surface area (Å²) in [6.45, 7) is 0. The highest BCUT2D eigenvalue weighted by Crippen LogP contribution is 2.40. The van der Waals surface area contributed by atoms with E-state index in [-0.39, 0.29) is 18.8 Å². The second-order valence-corrected chi connectivity index (χ2v) is 4.63. The molecule has 0 atom stereocenters. The van der Waals surface area contributed by atoms with Crippen molar-refractivity contribution in [2.45, 2.75) is 37.5 Å². The molecule has 3 rings (SSSR count). The maximum Gasteiger partial charge on any atom is 0.248 e. The van der Waals surface area contributed by atoms with Gasteiger partial charge in [-0.1, -0.05) is 0 Å². The first-order valence-electron chi connectivity index (χ1n) is 5.82. The molecule has 17 heavy (non-hydrogen) atoms. The minimum atomic E-state index is -2.49. The van der Waals surface area contributed by atoms with Gasteiger partial charge in [0.1, 0.15) is 5.82 Å². The Labute approximate surface area is 97.3 Å². The van der Waals surface area contributed by atoms with Crippen LogP contribution in [-0.4, -0.2) is 20.9 Å². The van der Waals surface area contributed by atoms with Crippen LogP contribution in [0.15, 0.2) is 18.3 Å². The van der Waals surface area contributed by atoms with Crippen molar-refractivity contribution in [2.75, 3.05) is 0 Å². The van der Waals surface area contributed by atoms with Crippen LogP contribution in [0.4, 0.5) is 8.78 Å². The molecule has 3 nitrogen and oxygen atoms in total. The average Bonchev–Trinajstić information content (AvgIpc) is 2.72. The van der Waals surface area contributed by atoms with Crippen molar-refractivity contribution < 1.29 is 8.78 Å². The van der Waals surface area contributed by atoms with Crippen molar-refractivity contribution in [1.29, 1.82) is 0 Å². The van der Waals surface area contributed by atoms with E-state index < -0.39 is 5.92 Å². The van der Waals surface area contributed by atoms with Gasteiger partial charge in [0.15, 0.2) is 5.65 Å². The molecule has 90 valence electrons. The molecule has 0 bridgehead atoms. The van der Waals surface area contributed by atoms with Crippen LogP contribution in [0.5, 0.6) is 0 Å². The van der Waals surface area contributed by atoms with Gasteiger partial charge in [-0.05, 0) is 25.0 Å². The summed E-state index contributed by atoms with van der Waals surface area (Å²) in [6.07, 6.45) is 2.59. The van der Waals surface area contributed by atoms with E-state index in [0.29, 0.717) is 18.5 Å². The van der Waals surface area contributed by atoms with Crippen LogP contribution in [0, 0.1) is 0 Å². The third-order valence-corrected chi connectivity index (χ3v) is 3.38. The zero-order chi connectivity index (χ0) is 11.9. The molecular weight excluding hydrogens is 224 g/mol. The van der Waals surface area contributed by atoms with E-state index >= 15 is 0 Å². The third kappa shape index (κ3) is 2.01. The molecule has 1 fully saturated rings. The minimum absolute atomic E-state index is 0.0395. The number of hydrogen-bond acceptors (Lipinski definition) is 2. The van der Waals surface area contributed by atoms with Crippen molar-refractivity contribution in [3.63, 3.8) is 0 Å². The third-order valence-electron chi connectivity index (χ3n) is 3.38. The molecular formula is C12H13F2N3. The van der Waals surface area contributed by atoms with Crippen molar-refractivity contribution in [1.82, 2.24) is 15.0 Å². The first kappa shape index (κ1) is 10.6. The molecule has 1 aliphatic carbocycles. The fourth-order valence-electron chi connectivity index (χ4n) is 2.37. The number of nitrogens with zero attached hydrogens (tertiary/aromatic N) is 2. The van der Waals surface area contributed by atoms with Crippen molar-refractivity contribution in [3.8, 4) is 0 Å². The number of H-pyrrole nitrogens is 1. The topological polar surface area (TPSA) is 41.6 Å². The van der Waals surface area contributed by atoms with E-state index in [0.717, 1.165) is 11.3 Å². The molecule has 2 heterocycles. The average molecular weight is 237 g/mol. The lowest BCUT2D eigenvalue weighted by Crippen LogP contribution is -2.24. The molecule has 0 unspecified atom stereocenters. The van der Waals surface area contributed by atoms with Crippen LogP contribution in [0.3, 0.4) is 0 Å². The second kappa shape index (κ2) is 3.75. The number of hydrogen-bond donors (Lipinski definition) is 1. The van der Waals surface area contributed by atoms with Gasteiger partial charge >= 0.3 is 0 Å². The molecule has 0 spiro atoms. The lowest BCUT2D eigenvalue weighted by molar-refractivity contribution is -0.0387. The summed E-state index contributed by atoms with van der Waals surface area (Å²) < 4.78 is 26.1. The van der Waals surface area contributed by atoms with E-state index in [1.54, 1.807) is 6.20 Å². The van der Waals surface area contributed by atoms with Crippen molar-refractivity contribution in [3.05, 3.63) is 24.2 Å². The molecule has 2 aromatic heterocycles. The van der Waals surface area contributed by atoms with Crippen LogP contribution in [-0.2, 0) is 0 Å². The predicted molar refractivity (Wildman–Crippen MR) is 60.0 cm³/mol. The molecule has 0 aliphatic heterocycles. The zero-order valence-electron chi connectivity index (χ0n) is 9.29. The van der Waals surface area contributed by atoms with Crippen molar-refractivity contribution >= 4 is 11.2 Å². The Hall–Kier alpha value is -1.52. The largest absolute Gasteiger partial charge is 0.340 e. The van der Waals surface area contributed by atoms with Crippen LogP contribution in [0.1, 0.15) is 37.4 Å². The zero-order valence-corrected chi connectivity index (χ0v) is 9.29. The van der Waals surface area contributed by atoms with Crippen molar-refractivity contribution in [2.24, 2.45) is 0 Å². The SMILES string of the molecule is FC1(F)CCC(c2nc3ncccc3[nH]2)CC1. The Balaban J connectivity index is 1.85. The Morgan fingerprint density at radius 2 is 2.06 bits per heavy atom. The maximum atomic E-state index is 13.1. The first-order chi connectivity index (χ1) is 8.14. The molecule has 0 radical (unpaired) electrons. The highest BCUT2D eigenvalue weighted by molar-refractivity contribution is 5.70. The number of aromatic nitrogens is 3. The Kier molecular flexibility index (Phi) is 2.34. The van der Waals surface area contributed by atoms with Gasteiger partial charge in [-0.2, -0.15) is 0 Å². The summed E-state index contributed by atoms with van der Waals surface area (Å²) in [5.74, 6) is -1.57.